The smallest absolute Gasteiger partial charge is 0.191 e. The van der Waals surface area contributed by atoms with Crippen LogP contribution in [0.3, 0.4) is 0 Å². The van der Waals surface area contributed by atoms with Gasteiger partial charge in [0.05, 0.1) is 32.0 Å². The van der Waals surface area contributed by atoms with Gasteiger partial charge in [0.2, 0.25) is 0 Å². The molecule has 0 fully saturated rings. The van der Waals surface area contributed by atoms with Crippen molar-refractivity contribution in [3.8, 4) is 0 Å². The van der Waals surface area contributed by atoms with Crippen molar-refractivity contribution >= 4 is 8.32 Å². The molecule has 0 radical (unpaired) electrons. The van der Waals surface area contributed by atoms with E-state index in [4.69, 9.17) is 18.6 Å². The van der Waals surface area contributed by atoms with Crippen LogP contribution in [0.4, 0.5) is 0 Å². The molecular formula is C37H52O4Si. The first-order chi connectivity index (χ1) is 20.1. The van der Waals surface area contributed by atoms with Gasteiger partial charge in [-0.1, -0.05) is 125 Å². The van der Waals surface area contributed by atoms with E-state index in [1.807, 2.05) is 48.5 Å². The largest absolute Gasteiger partial charge is 0.417 e. The number of rotatable bonds is 18. The van der Waals surface area contributed by atoms with Crippen molar-refractivity contribution in [2.75, 3.05) is 6.61 Å². The van der Waals surface area contributed by atoms with Crippen LogP contribution in [0, 0.1) is 5.92 Å². The van der Waals surface area contributed by atoms with Gasteiger partial charge in [0.25, 0.3) is 0 Å². The molecule has 0 aliphatic heterocycles. The molecule has 0 spiro atoms. The Morgan fingerprint density at radius 3 is 1.55 bits per heavy atom. The maximum Gasteiger partial charge on any atom is 0.191 e. The van der Waals surface area contributed by atoms with Crippen molar-refractivity contribution in [3.63, 3.8) is 0 Å². The molecule has 0 bridgehead atoms. The lowest BCUT2D eigenvalue weighted by atomic mass is 9.95. The number of hydrogen-bond donors (Lipinski definition) is 0. The molecule has 0 aliphatic carbocycles. The van der Waals surface area contributed by atoms with Gasteiger partial charge in [0, 0.05) is 6.61 Å². The molecule has 4 atom stereocenters. The minimum Gasteiger partial charge on any atom is -0.417 e. The highest BCUT2D eigenvalue weighted by Crippen LogP contribution is 2.37. The first-order valence-corrected chi connectivity index (χ1v) is 18.2. The highest BCUT2D eigenvalue weighted by Gasteiger charge is 2.38. The third-order valence-corrected chi connectivity index (χ3v) is 12.8. The van der Waals surface area contributed by atoms with E-state index < -0.39 is 8.32 Å². The summed E-state index contributed by atoms with van der Waals surface area (Å²) in [6, 6.07) is 31.0. The predicted octanol–water partition coefficient (Wildman–Crippen LogP) is 9.37. The SMILES string of the molecule is C=CC(C)C[C@H](OCc1ccccc1)[C@@H](OCc1ccccc1)[C@@H](CCO[Si](C)(C)C(C)(C)C)OCc1ccccc1. The Morgan fingerprint density at radius 1 is 0.690 bits per heavy atom. The second-order valence-electron chi connectivity index (χ2n) is 12.8. The maximum absolute atomic E-state index is 6.80. The second-order valence-corrected chi connectivity index (χ2v) is 17.6. The van der Waals surface area contributed by atoms with E-state index in [0.717, 1.165) is 23.1 Å². The summed E-state index contributed by atoms with van der Waals surface area (Å²) in [6.45, 7) is 19.8. The van der Waals surface area contributed by atoms with Crippen molar-refractivity contribution in [2.45, 2.75) is 96.8 Å². The lowest BCUT2D eigenvalue weighted by molar-refractivity contribution is -0.158. The third kappa shape index (κ3) is 11.3. The molecule has 0 amide bonds. The monoisotopic (exact) mass is 588 g/mol. The van der Waals surface area contributed by atoms with E-state index in [-0.39, 0.29) is 29.3 Å². The van der Waals surface area contributed by atoms with Crippen molar-refractivity contribution in [2.24, 2.45) is 5.92 Å². The normalized spacial score (nSPS) is 15.1. The molecule has 0 aliphatic rings. The van der Waals surface area contributed by atoms with Gasteiger partial charge < -0.3 is 18.6 Å². The van der Waals surface area contributed by atoms with Gasteiger partial charge in [-0.3, -0.25) is 0 Å². The van der Waals surface area contributed by atoms with Gasteiger partial charge >= 0.3 is 0 Å². The summed E-state index contributed by atoms with van der Waals surface area (Å²) in [4.78, 5) is 0. The summed E-state index contributed by atoms with van der Waals surface area (Å²) in [7, 11) is -1.92. The number of benzene rings is 3. The van der Waals surface area contributed by atoms with E-state index in [1.54, 1.807) is 0 Å². The molecule has 0 saturated carbocycles. The fourth-order valence-corrected chi connectivity index (χ4v) is 5.59. The summed E-state index contributed by atoms with van der Waals surface area (Å²) >= 11 is 0. The van der Waals surface area contributed by atoms with Crippen LogP contribution in [-0.4, -0.2) is 33.2 Å². The van der Waals surface area contributed by atoms with Gasteiger partial charge in [-0.15, -0.1) is 6.58 Å². The molecule has 0 N–H and O–H groups in total. The summed E-state index contributed by atoms with van der Waals surface area (Å²) < 4.78 is 26.9. The fraction of sp³-hybridized carbons (Fsp3) is 0.459. The molecule has 3 aromatic carbocycles. The van der Waals surface area contributed by atoms with Gasteiger partial charge in [-0.05, 0) is 53.6 Å². The topological polar surface area (TPSA) is 36.9 Å². The van der Waals surface area contributed by atoms with Crippen LogP contribution in [0.2, 0.25) is 18.1 Å². The molecule has 3 rings (SSSR count). The van der Waals surface area contributed by atoms with Crippen LogP contribution >= 0.6 is 0 Å². The van der Waals surface area contributed by atoms with E-state index in [1.165, 1.54) is 0 Å². The van der Waals surface area contributed by atoms with Crippen molar-refractivity contribution in [1.82, 2.24) is 0 Å². The number of hydrogen-bond acceptors (Lipinski definition) is 4. The molecule has 228 valence electrons. The zero-order valence-corrected chi connectivity index (χ0v) is 27.6. The van der Waals surface area contributed by atoms with Crippen LogP contribution in [-0.2, 0) is 38.5 Å². The summed E-state index contributed by atoms with van der Waals surface area (Å²) in [5.41, 5.74) is 3.40. The Kier molecular flexibility index (Phi) is 13.7. The van der Waals surface area contributed by atoms with Crippen LogP contribution in [0.15, 0.2) is 104 Å². The first kappa shape index (κ1) is 34.0. The molecule has 1 unspecified atom stereocenters. The van der Waals surface area contributed by atoms with E-state index >= 15 is 0 Å². The zero-order chi connectivity index (χ0) is 30.4. The average Bonchev–Trinajstić information content (AvgIpc) is 2.99. The lowest BCUT2D eigenvalue weighted by Gasteiger charge is -2.38. The van der Waals surface area contributed by atoms with Crippen LogP contribution in [0.5, 0.6) is 0 Å². The minimum atomic E-state index is -1.92. The van der Waals surface area contributed by atoms with Gasteiger partial charge in [0.15, 0.2) is 8.32 Å². The van der Waals surface area contributed by atoms with Crippen LogP contribution in [0.1, 0.15) is 57.2 Å². The number of ether oxygens (including phenoxy) is 3. The highest BCUT2D eigenvalue weighted by molar-refractivity contribution is 6.74. The molecule has 42 heavy (non-hydrogen) atoms. The van der Waals surface area contributed by atoms with Gasteiger partial charge in [-0.2, -0.15) is 0 Å². The highest BCUT2D eigenvalue weighted by atomic mass is 28.4. The fourth-order valence-electron chi connectivity index (χ4n) is 4.52. The summed E-state index contributed by atoms with van der Waals surface area (Å²) in [5, 5.41) is 0.136. The summed E-state index contributed by atoms with van der Waals surface area (Å²) in [5.74, 6) is 0.256. The van der Waals surface area contributed by atoms with E-state index in [0.29, 0.717) is 32.8 Å². The molecule has 4 nitrogen and oxygen atoms in total. The average molecular weight is 589 g/mol. The van der Waals surface area contributed by atoms with E-state index in [9.17, 15) is 0 Å². The molecule has 0 heterocycles. The Morgan fingerprint density at radius 2 is 1.12 bits per heavy atom. The molecule has 3 aromatic rings. The van der Waals surface area contributed by atoms with Gasteiger partial charge in [0.1, 0.15) is 6.10 Å². The third-order valence-electron chi connectivity index (χ3n) is 8.31. The lowest BCUT2D eigenvalue weighted by Crippen LogP contribution is -2.45. The standard InChI is InChI=1S/C37H52O4Si/c1-8-30(2)26-35(39-28-32-20-14-10-15-21-32)36(40-29-33-22-16-11-17-23-33)34(38-27-31-18-12-9-13-19-31)24-25-41-42(6,7)37(3,4)5/h8-23,30,34-36H,1,24-29H2,2-7H3/t30?,34-,35+,36+/m1/s1. The molecular weight excluding hydrogens is 536 g/mol. The Bertz CT molecular complexity index is 1140. The molecule has 5 heteroatoms. The first-order valence-electron chi connectivity index (χ1n) is 15.3. The summed E-state index contributed by atoms with van der Waals surface area (Å²) in [6.07, 6.45) is 2.76. The quantitative estimate of drug-likeness (QED) is 0.110. The Labute approximate surface area is 256 Å². The second kappa shape index (κ2) is 16.9. The van der Waals surface area contributed by atoms with Crippen LogP contribution < -0.4 is 0 Å². The Balaban J connectivity index is 1.90. The molecule has 0 aromatic heterocycles. The zero-order valence-electron chi connectivity index (χ0n) is 26.6. The minimum absolute atomic E-state index is 0.136. The van der Waals surface area contributed by atoms with E-state index in [2.05, 4.69) is 95.9 Å². The molecule has 0 saturated heterocycles. The van der Waals surface area contributed by atoms with Gasteiger partial charge in [-0.25, -0.2) is 0 Å². The maximum atomic E-state index is 6.80. The van der Waals surface area contributed by atoms with Crippen LogP contribution in [0.25, 0.3) is 0 Å². The number of allylic oxidation sites excluding steroid dienone is 1. The Hall–Kier alpha value is -2.54. The van der Waals surface area contributed by atoms with Crippen molar-refractivity contribution in [1.29, 1.82) is 0 Å². The predicted molar refractivity (Wildman–Crippen MR) is 177 cm³/mol. The van der Waals surface area contributed by atoms with Crippen molar-refractivity contribution < 1.29 is 18.6 Å². The van der Waals surface area contributed by atoms with Crippen molar-refractivity contribution in [3.05, 3.63) is 120 Å².